The maximum atomic E-state index is 12.9. The fourth-order valence-corrected chi connectivity index (χ4v) is 2.85. The topological polar surface area (TPSA) is 94.8 Å². The molecule has 1 aromatic heterocycles. The molecule has 0 fully saturated rings. The molecule has 0 saturated heterocycles. The molecule has 7 nitrogen and oxygen atoms in total. The van der Waals surface area contributed by atoms with Crippen LogP contribution in [0, 0.1) is 5.92 Å². The maximum Gasteiger partial charge on any atom is 0.337 e. The van der Waals surface area contributed by atoms with E-state index in [0.29, 0.717) is 22.9 Å². The highest BCUT2D eigenvalue weighted by Crippen LogP contribution is 2.35. The van der Waals surface area contributed by atoms with Crippen molar-refractivity contribution in [1.29, 1.82) is 0 Å². The molecule has 1 atom stereocenters. The highest BCUT2D eigenvalue weighted by atomic mass is 16.5. The Labute approximate surface area is 151 Å². The van der Waals surface area contributed by atoms with Gasteiger partial charge in [-0.1, -0.05) is 26.0 Å². The minimum absolute atomic E-state index is 0.00268. The molecular weight excluding hydrogens is 334 g/mol. The molecule has 1 unspecified atom stereocenters. The lowest BCUT2D eigenvalue weighted by molar-refractivity contribution is -0.128. The molecular formula is C19H21N3O4. The number of esters is 1. The SMILES string of the molecule is COC(=O)c1cccc(CN2C(=O)C(C(C)C)Oc3ccc(N)nc32)c1. The smallest absolute Gasteiger partial charge is 0.337 e. The molecule has 7 heteroatoms. The van der Waals surface area contributed by atoms with E-state index in [4.69, 9.17) is 15.2 Å². The van der Waals surface area contributed by atoms with Gasteiger partial charge in [0.25, 0.3) is 5.91 Å². The number of benzene rings is 1. The van der Waals surface area contributed by atoms with E-state index in [2.05, 4.69) is 4.98 Å². The lowest BCUT2D eigenvalue weighted by Gasteiger charge is -2.35. The molecule has 136 valence electrons. The van der Waals surface area contributed by atoms with Gasteiger partial charge in [-0.25, -0.2) is 9.78 Å². The number of carbonyl (C=O) groups is 2. The molecule has 2 aromatic rings. The van der Waals surface area contributed by atoms with Crippen LogP contribution in [0.25, 0.3) is 0 Å². The number of anilines is 2. The second-order valence-electron chi connectivity index (χ2n) is 6.46. The molecule has 2 N–H and O–H groups in total. The van der Waals surface area contributed by atoms with Gasteiger partial charge in [-0.15, -0.1) is 0 Å². The zero-order chi connectivity index (χ0) is 18.8. The number of ether oxygens (including phenoxy) is 2. The lowest BCUT2D eigenvalue weighted by atomic mass is 10.0. The Bertz CT molecular complexity index is 850. The zero-order valence-corrected chi connectivity index (χ0v) is 14.9. The average Bonchev–Trinajstić information content (AvgIpc) is 2.63. The minimum atomic E-state index is -0.600. The lowest BCUT2D eigenvalue weighted by Crippen LogP contribution is -2.48. The minimum Gasteiger partial charge on any atom is -0.476 e. The first-order valence-electron chi connectivity index (χ1n) is 8.32. The number of rotatable bonds is 4. The summed E-state index contributed by atoms with van der Waals surface area (Å²) in [6.45, 7) is 4.10. The number of nitrogens with two attached hydrogens (primary N) is 1. The summed E-state index contributed by atoms with van der Waals surface area (Å²) in [5.41, 5.74) is 6.99. The van der Waals surface area contributed by atoms with Crippen LogP contribution in [0.5, 0.6) is 5.75 Å². The predicted octanol–water partition coefficient (Wildman–Crippen LogP) is 2.40. The number of pyridine rings is 1. The Morgan fingerprint density at radius 1 is 1.35 bits per heavy atom. The van der Waals surface area contributed by atoms with Gasteiger partial charge < -0.3 is 15.2 Å². The van der Waals surface area contributed by atoms with Gasteiger partial charge in [0.05, 0.1) is 19.2 Å². The fourth-order valence-electron chi connectivity index (χ4n) is 2.85. The number of hydrogen-bond donors (Lipinski definition) is 1. The van der Waals surface area contributed by atoms with Crippen molar-refractivity contribution in [3.05, 3.63) is 47.5 Å². The van der Waals surface area contributed by atoms with Crippen LogP contribution in [0.2, 0.25) is 0 Å². The van der Waals surface area contributed by atoms with Crippen molar-refractivity contribution in [2.45, 2.75) is 26.5 Å². The molecule has 1 aliphatic heterocycles. The second kappa shape index (κ2) is 7.03. The molecule has 0 aliphatic carbocycles. The summed E-state index contributed by atoms with van der Waals surface area (Å²) in [7, 11) is 1.33. The number of nitrogen functional groups attached to an aromatic ring is 1. The standard InChI is InChI=1S/C19H21N3O4/c1-11(2)16-18(23)22(17-14(26-16)7-8-15(20)21-17)10-12-5-4-6-13(9-12)19(24)25-3/h4-9,11,16H,10H2,1-3H3,(H2,20,21). The number of hydrogen-bond acceptors (Lipinski definition) is 6. The molecule has 0 saturated carbocycles. The van der Waals surface area contributed by atoms with Crippen LogP contribution in [-0.2, 0) is 16.1 Å². The van der Waals surface area contributed by atoms with Crippen LogP contribution >= 0.6 is 0 Å². The van der Waals surface area contributed by atoms with Crippen LogP contribution in [0.3, 0.4) is 0 Å². The van der Waals surface area contributed by atoms with E-state index >= 15 is 0 Å². The fraction of sp³-hybridized carbons (Fsp3) is 0.316. The van der Waals surface area contributed by atoms with Crippen LogP contribution < -0.4 is 15.4 Å². The van der Waals surface area contributed by atoms with Crippen LogP contribution in [0.4, 0.5) is 11.6 Å². The number of carbonyl (C=O) groups excluding carboxylic acids is 2. The summed E-state index contributed by atoms with van der Waals surface area (Å²) in [4.78, 5) is 30.5. The van der Waals surface area contributed by atoms with E-state index in [1.165, 1.54) is 7.11 Å². The Morgan fingerprint density at radius 3 is 2.81 bits per heavy atom. The Hall–Kier alpha value is -3.09. The third-order valence-corrected chi connectivity index (χ3v) is 4.17. The number of fused-ring (bicyclic) bond motifs is 1. The number of aromatic nitrogens is 1. The van der Waals surface area contributed by atoms with Gasteiger partial charge in [0.2, 0.25) is 0 Å². The van der Waals surface area contributed by atoms with Crippen molar-refractivity contribution in [2.75, 3.05) is 17.7 Å². The van der Waals surface area contributed by atoms with Crippen molar-refractivity contribution in [3.8, 4) is 5.75 Å². The van der Waals surface area contributed by atoms with Gasteiger partial charge in [-0.05, 0) is 35.7 Å². The Kier molecular flexibility index (Phi) is 4.79. The summed E-state index contributed by atoms with van der Waals surface area (Å²) >= 11 is 0. The zero-order valence-electron chi connectivity index (χ0n) is 14.9. The molecule has 1 aliphatic rings. The van der Waals surface area contributed by atoms with Crippen LogP contribution in [-0.4, -0.2) is 30.1 Å². The van der Waals surface area contributed by atoms with Crippen molar-refractivity contribution in [2.24, 2.45) is 5.92 Å². The summed E-state index contributed by atoms with van der Waals surface area (Å²) in [6, 6.07) is 10.3. The van der Waals surface area contributed by atoms with Gasteiger partial charge in [-0.3, -0.25) is 9.69 Å². The summed E-state index contributed by atoms with van der Waals surface area (Å²) in [6.07, 6.45) is -0.600. The van der Waals surface area contributed by atoms with E-state index in [9.17, 15) is 9.59 Å². The number of nitrogens with zero attached hydrogens (tertiary/aromatic N) is 2. The maximum absolute atomic E-state index is 12.9. The molecule has 2 heterocycles. The Morgan fingerprint density at radius 2 is 2.12 bits per heavy atom. The summed E-state index contributed by atoms with van der Waals surface area (Å²) in [5.74, 6) is 0.586. The quantitative estimate of drug-likeness (QED) is 0.846. The van der Waals surface area contributed by atoms with Crippen LogP contribution in [0.1, 0.15) is 29.8 Å². The second-order valence-corrected chi connectivity index (χ2v) is 6.46. The monoisotopic (exact) mass is 355 g/mol. The van der Waals surface area contributed by atoms with Gasteiger partial charge in [0.1, 0.15) is 5.82 Å². The third-order valence-electron chi connectivity index (χ3n) is 4.17. The first kappa shape index (κ1) is 17.7. The van der Waals surface area contributed by atoms with E-state index in [0.717, 1.165) is 5.56 Å². The highest BCUT2D eigenvalue weighted by molar-refractivity contribution is 5.99. The normalized spacial score (nSPS) is 16.2. The van der Waals surface area contributed by atoms with Crippen LogP contribution in [0.15, 0.2) is 36.4 Å². The molecule has 1 aromatic carbocycles. The summed E-state index contributed by atoms with van der Waals surface area (Å²) in [5, 5.41) is 0. The molecule has 3 rings (SSSR count). The average molecular weight is 355 g/mol. The van der Waals surface area contributed by atoms with Gasteiger partial charge in [-0.2, -0.15) is 0 Å². The van der Waals surface area contributed by atoms with Crippen molar-refractivity contribution >= 4 is 23.5 Å². The van der Waals surface area contributed by atoms with E-state index < -0.39 is 12.1 Å². The van der Waals surface area contributed by atoms with E-state index in [1.807, 2.05) is 19.9 Å². The van der Waals surface area contributed by atoms with Crippen molar-refractivity contribution < 1.29 is 19.1 Å². The third kappa shape index (κ3) is 3.33. The first-order valence-corrected chi connectivity index (χ1v) is 8.32. The largest absolute Gasteiger partial charge is 0.476 e. The van der Waals surface area contributed by atoms with E-state index in [1.54, 1.807) is 35.2 Å². The van der Waals surface area contributed by atoms with E-state index in [-0.39, 0.29) is 18.4 Å². The summed E-state index contributed by atoms with van der Waals surface area (Å²) < 4.78 is 10.6. The Balaban J connectivity index is 1.99. The molecule has 26 heavy (non-hydrogen) atoms. The van der Waals surface area contributed by atoms with Crippen molar-refractivity contribution in [1.82, 2.24) is 4.98 Å². The molecule has 0 radical (unpaired) electrons. The first-order chi connectivity index (χ1) is 12.4. The predicted molar refractivity (Wildman–Crippen MR) is 96.9 cm³/mol. The van der Waals surface area contributed by atoms with Gasteiger partial charge >= 0.3 is 5.97 Å². The van der Waals surface area contributed by atoms with Gasteiger partial charge in [0.15, 0.2) is 17.7 Å². The molecule has 0 spiro atoms. The molecule has 1 amide bonds. The number of amides is 1. The highest BCUT2D eigenvalue weighted by Gasteiger charge is 2.37. The number of methoxy groups -OCH3 is 1. The molecule has 0 bridgehead atoms. The van der Waals surface area contributed by atoms with Crippen molar-refractivity contribution in [3.63, 3.8) is 0 Å². The van der Waals surface area contributed by atoms with Gasteiger partial charge in [0, 0.05) is 0 Å².